The summed E-state index contributed by atoms with van der Waals surface area (Å²) in [5.74, 6) is 1.50. The van der Waals surface area contributed by atoms with E-state index in [1.54, 1.807) is 18.9 Å². The molecule has 1 unspecified atom stereocenters. The third-order valence-corrected chi connectivity index (χ3v) is 6.46. The number of rotatable bonds is 9. The molecule has 0 aliphatic rings. The van der Waals surface area contributed by atoms with Crippen molar-refractivity contribution in [3.8, 4) is 5.75 Å². The van der Waals surface area contributed by atoms with Crippen LogP contribution in [0.25, 0.3) is 11.0 Å². The molecule has 0 saturated carbocycles. The van der Waals surface area contributed by atoms with E-state index in [0.717, 1.165) is 38.8 Å². The molecular weight excluding hydrogens is 432 g/mol. The summed E-state index contributed by atoms with van der Waals surface area (Å²) < 4.78 is 5.34. The second-order valence-electron chi connectivity index (χ2n) is 8.01. The molecule has 0 saturated heterocycles. The lowest BCUT2D eigenvalue weighted by atomic mass is 10.1. The lowest BCUT2D eigenvalue weighted by Gasteiger charge is -2.25. The number of aromatic nitrogens is 2. The summed E-state index contributed by atoms with van der Waals surface area (Å²) in [7, 11) is 5.67. The number of carbonyl (C=O) groups excluding carboxylic acids is 1. The Balaban J connectivity index is 1.34. The highest BCUT2D eigenvalue weighted by molar-refractivity contribution is 7.98. The number of likely N-dealkylation sites (N-methyl/N-ethyl adjacent to an activating group) is 1. The van der Waals surface area contributed by atoms with Gasteiger partial charge in [-0.05, 0) is 61.6 Å². The molecule has 7 heteroatoms. The third kappa shape index (κ3) is 5.74. The van der Waals surface area contributed by atoms with Crippen LogP contribution in [0.1, 0.15) is 27.5 Å². The molecule has 1 amide bonds. The van der Waals surface area contributed by atoms with E-state index in [4.69, 9.17) is 4.74 Å². The van der Waals surface area contributed by atoms with Crippen LogP contribution in [0.5, 0.6) is 5.75 Å². The van der Waals surface area contributed by atoms with Gasteiger partial charge in [-0.1, -0.05) is 48.2 Å². The van der Waals surface area contributed by atoms with Gasteiger partial charge in [-0.15, -0.1) is 0 Å². The summed E-state index contributed by atoms with van der Waals surface area (Å²) in [6.07, 6.45) is 0. The van der Waals surface area contributed by atoms with Gasteiger partial charge in [0.2, 0.25) is 0 Å². The highest BCUT2D eigenvalue weighted by Crippen LogP contribution is 2.24. The minimum Gasteiger partial charge on any atom is -0.497 e. The third-order valence-electron chi connectivity index (χ3n) is 5.52. The van der Waals surface area contributed by atoms with Crippen LogP contribution in [0.4, 0.5) is 0 Å². The minimum atomic E-state index is -0.0822. The zero-order valence-electron chi connectivity index (χ0n) is 19.0. The normalized spacial score (nSPS) is 12.1. The van der Waals surface area contributed by atoms with Crippen molar-refractivity contribution in [1.29, 1.82) is 0 Å². The van der Waals surface area contributed by atoms with Crippen LogP contribution >= 0.6 is 11.8 Å². The molecule has 1 aromatic heterocycles. The van der Waals surface area contributed by atoms with Crippen molar-refractivity contribution in [2.75, 3.05) is 27.7 Å². The van der Waals surface area contributed by atoms with Gasteiger partial charge in [0.25, 0.3) is 5.91 Å². The van der Waals surface area contributed by atoms with Gasteiger partial charge in [0, 0.05) is 17.9 Å². The van der Waals surface area contributed by atoms with Crippen molar-refractivity contribution in [3.05, 3.63) is 89.5 Å². The van der Waals surface area contributed by atoms with Gasteiger partial charge >= 0.3 is 0 Å². The zero-order chi connectivity index (χ0) is 23.2. The molecule has 0 spiro atoms. The first-order valence-electron chi connectivity index (χ1n) is 10.8. The molecular formula is C26H28N4O2S. The summed E-state index contributed by atoms with van der Waals surface area (Å²) in [5, 5.41) is 3.96. The lowest BCUT2D eigenvalue weighted by Crippen LogP contribution is -2.34. The minimum absolute atomic E-state index is 0.0449. The number of nitrogens with one attached hydrogen (secondary N) is 2. The number of benzene rings is 3. The average molecular weight is 461 g/mol. The van der Waals surface area contributed by atoms with Crippen LogP contribution in [0.3, 0.4) is 0 Å². The molecule has 4 aromatic rings. The molecule has 2 N–H and O–H groups in total. The Morgan fingerprint density at radius 2 is 1.88 bits per heavy atom. The number of hydrogen-bond donors (Lipinski definition) is 2. The number of fused-ring (bicyclic) bond motifs is 1. The molecule has 3 aromatic carbocycles. The van der Waals surface area contributed by atoms with E-state index < -0.39 is 0 Å². The largest absolute Gasteiger partial charge is 0.497 e. The monoisotopic (exact) mass is 460 g/mol. The highest BCUT2D eigenvalue weighted by Gasteiger charge is 2.16. The number of amides is 1. The Hall–Kier alpha value is -3.29. The average Bonchev–Trinajstić information content (AvgIpc) is 3.26. The van der Waals surface area contributed by atoms with E-state index in [-0.39, 0.29) is 11.9 Å². The fourth-order valence-electron chi connectivity index (χ4n) is 3.64. The van der Waals surface area contributed by atoms with Gasteiger partial charge in [-0.3, -0.25) is 4.79 Å². The van der Waals surface area contributed by atoms with E-state index in [9.17, 15) is 4.79 Å². The van der Waals surface area contributed by atoms with Crippen molar-refractivity contribution < 1.29 is 9.53 Å². The summed E-state index contributed by atoms with van der Waals surface area (Å²) in [6, 6.07) is 23.7. The predicted molar refractivity (Wildman–Crippen MR) is 134 cm³/mol. The van der Waals surface area contributed by atoms with Crippen molar-refractivity contribution in [2.24, 2.45) is 0 Å². The van der Waals surface area contributed by atoms with Crippen molar-refractivity contribution in [3.63, 3.8) is 0 Å². The molecule has 0 fully saturated rings. The Labute approximate surface area is 198 Å². The van der Waals surface area contributed by atoms with Gasteiger partial charge in [0.1, 0.15) is 5.75 Å². The van der Waals surface area contributed by atoms with E-state index >= 15 is 0 Å². The number of thioether (sulfide) groups is 1. The molecule has 33 heavy (non-hydrogen) atoms. The molecule has 1 heterocycles. The SMILES string of the molecule is COc1cccc(C(CNC(=O)c2ccc(CSc3nc4ccccc4[nH]3)cc2)N(C)C)c1. The maximum Gasteiger partial charge on any atom is 0.251 e. The first kappa shape index (κ1) is 22.9. The summed E-state index contributed by atoms with van der Waals surface area (Å²) in [4.78, 5) is 22.8. The van der Waals surface area contributed by atoms with Crippen LogP contribution in [-0.2, 0) is 5.75 Å². The number of nitrogens with zero attached hydrogens (tertiary/aromatic N) is 2. The maximum absolute atomic E-state index is 12.7. The smallest absolute Gasteiger partial charge is 0.251 e. The van der Waals surface area contributed by atoms with Gasteiger partial charge in [0.15, 0.2) is 5.16 Å². The van der Waals surface area contributed by atoms with Crippen LogP contribution in [0, 0.1) is 0 Å². The van der Waals surface area contributed by atoms with Crippen molar-refractivity contribution in [1.82, 2.24) is 20.2 Å². The van der Waals surface area contributed by atoms with E-state index in [1.807, 2.05) is 86.9 Å². The molecule has 170 valence electrons. The fourth-order valence-corrected chi connectivity index (χ4v) is 4.48. The van der Waals surface area contributed by atoms with Gasteiger partial charge in [-0.2, -0.15) is 0 Å². The molecule has 1 atom stereocenters. The van der Waals surface area contributed by atoms with Gasteiger partial charge in [-0.25, -0.2) is 4.98 Å². The van der Waals surface area contributed by atoms with E-state index in [0.29, 0.717) is 12.1 Å². The maximum atomic E-state index is 12.7. The Bertz CT molecular complexity index is 1190. The number of methoxy groups -OCH3 is 1. The van der Waals surface area contributed by atoms with Crippen molar-refractivity contribution >= 4 is 28.7 Å². The van der Waals surface area contributed by atoms with Gasteiger partial charge in [0.05, 0.1) is 24.2 Å². The van der Waals surface area contributed by atoms with Crippen LogP contribution in [-0.4, -0.2) is 48.5 Å². The van der Waals surface area contributed by atoms with E-state index in [2.05, 4.69) is 20.2 Å². The Kier molecular flexibility index (Phi) is 7.32. The number of imidazole rings is 1. The molecule has 4 rings (SSSR count). The topological polar surface area (TPSA) is 70.2 Å². The number of carbonyl (C=O) groups is 1. The summed E-state index contributed by atoms with van der Waals surface area (Å²) in [6.45, 7) is 0.503. The number of ether oxygens (including phenoxy) is 1. The van der Waals surface area contributed by atoms with Crippen LogP contribution in [0.15, 0.2) is 78.0 Å². The number of hydrogen-bond acceptors (Lipinski definition) is 5. The Morgan fingerprint density at radius 3 is 2.61 bits per heavy atom. The number of H-pyrrole nitrogens is 1. The second kappa shape index (κ2) is 10.6. The Morgan fingerprint density at radius 1 is 1.09 bits per heavy atom. The van der Waals surface area contributed by atoms with Gasteiger partial charge < -0.3 is 19.9 Å². The summed E-state index contributed by atoms with van der Waals surface area (Å²) >= 11 is 1.65. The predicted octanol–water partition coefficient (Wildman–Crippen LogP) is 4.90. The molecule has 0 aliphatic carbocycles. The molecule has 0 bridgehead atoms. The first-order chi connectivity index (χ1) is 16.0. The quantitative estimate of drug-likeness (QED) is 0.348. The highest BCUT2D eigenvalue weighted by atomic mass is 32.2. The number of aromatic amines is 1. The molecule has 0 radical (unpaired) electrons. The van der Waals surface area contributed by atoms with Crippen molar-refractivity contribution in [2.45, 2.75) is 17.0 Å². The lowest BCUT2D eigenvalue weighted by molar-refractivity contribution is 0.0942. The number of para-hydroxylation sites is 2. The first-order valence-corrected chi connectivity index (χ1v) is 11.8. The van der Waals surface area contributed by atoms with E-state index in [1.165, 1.54) is 0 Å². The molecule has 0 aliphatic heterocycles. The zero-order valence-corrected chi connectivity index (χ0v) is 19.9. The molecule has 6 nitrogen and oxygen atoms in total. The standard InChI is InChI=1S/C26H28N4O2S/c1-30(2)24(20-7-6-8-21(15-20)32-3)16-27-25(31)19-13-11-18(12-14-19)17-33-26-28-22-9-4-5-10-23(22)29-26/h4-15,24H,16-17H2,1-3H3,(H,27,31)(H,28,29). The summed E-state index contributed by atoms with van der Waals surface area (Å²) in [5.41, 5.74) is 4.89. The second-order valence-corrected chi connectivity index (χ2v) is 8.97. The fraction of sp³-hybridized carbons (Fsp3) is 0.231. The van der Waals surface area contributed by atoms with Crippen LogP contribution < -0.4 is 10.1 Å². The van der Waals surface area contributed by atoms with Crippen LogP contribution in [0.2, 0.25) is 0 Å².